The molecule has 1 atom stereocenters. The molecule has 7 nitrogen and oxygen atoms in total. The van der Waals surface area contributed by atoms with Gasteiger partial charge in [0.25, 0.3) is 5.91 Å². The molecule has 0 saturated heterocycles. The van der Waals surface area contributed by atoms with E-state index in [9.17, 15) is 4.79 Å². The van der Waals surface area contributed by atoms with Crippen molar-refractivity contribution in [2.45, 2.75) is 19.9 Å². The van der Waals surface area contributed by atoms with Gasteiger partial charge in [0.2, 0.25) is 0 Å². The third-order valence-electron chi connectivity index (χ3n) is 6.23. The number of benzene rings is 3. The van der Waals surface area contributed by atoms with Crippen molar-refractivity contribution in [1.29, 1.82) is 0 Å². The molecule has 0 aliphatic carbocycles. The summed E-state index contributed by atoms with van der Waals surface area (Å²) in [6.07, 6.45) is 2.04. The number of fused-ring (bicyclic) bond motifs is 4. The number of nitrogens with zero attached hydrogens (tertiary/aromatic N) is 2. The Morgan fingerprint density at radius 3 is 2.69 bits per heavy atom. The van der Waals surface area contributed by atoms with Crippen molar-refractivity contribution < 1.29 is 19.0 Å². The summed E-state index contributed by atoms with van der Waals surface area (Å²) in [4.78, 5) is 18.7. The Hall–Kier alpha value is -4.04. The number of aromatic nitrogens is 2. The smallest absolute Gasteiger partial charge is 0.251 e. The zero-order chi connectivity index (χ0) is 24.6. The van der Waals surface area contributed by atoms with Crippen LogP contribution in [0.2, 0.25) is 0 Å². The van der Waals surface area contributed by atoms with Crippen LogP contribution in [0.15, 0.2) is 66.9 Å². The number of hydrogen-bond acceptors (Lipinski definition) is 6. The average Bonchev–Trinajstić information content (AvgIpc) is 3.47. The molecule has 36 heavy (non-hydrogen) atoms. The molecule has 0 radical (unpaired) electrons. The first kappa shape index (κ1) is 22.4. The van der Waals surface area contributed by atoms with Gasteiger partial charge >= 0.3 is 0 Å². The van der Waals surface area contributed by atoms with E-state index >= 15 is 0 Å². The molecule has 5 aromatic rings. The van der Waals surface area contributed by atoms with E-state index in [0.717, 1.165) is 43.5 Å². The third-order valence-corrected chi connectivity index (χ3v) is 7.25. The minimum atomic E-state index is -0.179. The van der Waals surface area contributed by atoms with Crippen LogP contribution in [0.1, 0.15) is 35.8 Å². The van der Waals surface area contributed by atoms with Crippen LogP contribution in [0.5, 0.6) is 17.2 Å². The van der Waals surface area contributed by atoms with E-state index in [2.05, 4.69) is 9.72 Å². The predicted octanol–water partition coefficient (Wildman–Crippen LogP) is 5.88. The van der Waals surface area contributed by atoms with Crippen LogP contribution in [0.25, 0.3) is 26.4 Å². The molecule has 0 saturated carbocycles. The number of carbonyl (C=O) groups is 1. The lowest BCUT2D eigenvalue weighted by atomic mass is 10.1. The summed E-state index contributed by atoms with van der Waals surface area (Å²) in [5.41, 5.74) is 4.54. The van der Waals surface area contributed by atoms with E-state index in [1.54, 1.807) is 11.3 Å². The van der Waals surface area contributed by atoms with E-state index < -0.39 is 0 Å². The number of thiazole rings is 1. The van der Waals surface area contributed by atoms with Crippen molar-refractivity contribution in [1.82, 2.24) is 14.7 Å². The van der Waals surface area contributed by atoms with Crippen molar-refractivity contribution in [2.24, 2.45) is 0 Å². The Bertz CT molecular complexity index is 1570. The van der Waals surface area contributed by atoms with Gasteiger partial charge in [0.1, 0.15) is 19.0 Å². The molecular formula is C28H25N3O4S. The van der Waals surface area contributed by atoms with Crippen LogP contribution in [0.4, 0.5) is 0 Å². The topological polar surface area (TPSA) is 74.1 Å². The van der Waals surface area contributed by atoms with E-state index in [1.165, 1.54) is 0 Å². The van der Waals surface area contributed by atoms with Crippen LogP contribution in [-0.4, -0.2) is 35.1 Å². The van der Waals surface area contributed by atoms with Gasteiger partial charge < -0.3 is 19.5 Å². The molecule has 0 unspecified atom stereocenters. The number of amides is 1. The monoisotopic (exact) mass is 499 g/mol. The average molecular weight is 500 g/mol. The zero-order valence-corrected chi connectivity index (χ0v) is 20.8. The normalized spacial score (nSPS) is 13.6. The molecule has 1 aliphatic heterocycles. The van der Waals surface area contributed by atoms with Crippen molar-refractivity contribution in [3.05, 3.63) is 78.0 Å². The maximum Gasteiger partial charge on any atom is 0.251 e. The van der Waals surface area contributed by atoms with Gasteiger partial charge in [0.05, 0.1) is 28.6 Å². The van der Waals surface area contributed by atoms with Gasteiger partial charge in [-0.25, -0.2) is 4.98 Å². The number of ether oxygens (including phenoxy) is 3. The molecular weight excluding hydrogens is 474 g/mol. The Balaban J connectivity index is 1.21. The second kappa shape index (κ2) is 9.20. The van der Waals surface area contributed by atoms with E-state index in [1.807, 2.05) is 80.7 Å². The summed E-state index contributed by atoms with van der Waals surface area (Å²) >= 11 is 1.57. The second-order valence-electron chi connectivity index (χ2n) is 8.62. The Morgan fingerprint density at radius 1 is 1.08 bits per heavy atom. The van der Waals surface area contributed by atoms with Gasteiger partial charge in [0.15, 0.2) is 16.5 Å². The minimum absolute atomic E-state index is 0.125. The molecule has 6 rings (SSSR count). The second-order valence-corrected chi connectivity index (χ2v) is 9.63. The lowest BCUT2D eigenvalue weighted by Gasteiger charge is -2.21. The fourth-order valence-electron chi connectivity index (χ4n) is 4.36. The summed E-state index contributed by atoms with van der Waals surface area (Å²) in [5, 5.41) is 3.09. The SMILES string of the molecule is CCOc1ccc(-c2cn3c(n2)sc2cc(C(=O)N[C@@H](C)c4ccc5c(c4)OCCO5)ccc23)cc1. The maximum absolute atomic E-state index is 13.0. The number of carbonyl (C=O) groups excluding carboxylic acids is 1. The van der Waals surface area contributed by atoms with Gasteiger partial charge in [0, 0.05) is 17.3 Å². The van der Waals surface area contributed by atoms with E-state index in [-0.39, 0.29) is 11.9 Å². The standard InChI is InChI=1S/C28H25N3O4S/c1-3-33-21-8-4-18(5-9-21)22-16-31-23-10-6-20(15-26(23)36-28(31)30-22)27(32)29-17(2)19-7-11-24-25(14-19)35-13-12-34-24/h4-11,14-17H,3,12-13H2,1-2H3,(H,29,32)/t17-/m0/s1. The highest BCUT2D eigenvalue weighted by atomic mass is 32.1. The van der Waals surface area contributed by atoms with Gasteiger partial charge in [-0.1, -0.05) is 17.4 Å². The highest BCUT2D eigenvalue weighted by molar-refractivity contribution is 7.23. The molecule has 0 fully saturated rings. The molecule has 1 amide bonds. The highest BCUT2D eigenvalue weighted by Gasteiger charge is 2.18. The van der Waals surface area contributed by atoms with Crippen molar-refractivity contribution in [3.63, 3.8) is 0 Å². The Kier molecular flexibility index (Phi) is 5.73. The number of hydrogen-bond donors (Lipinski definition) is 1. The first-order valence-corrected chi connectivity index (χ1v) is 12.8. The lowest BCUT2D eigenvalue weighted by Crippen LogP contribution is -2.26. The molecule has 0 bridgehead atoms. The predicted molar refractivity (Wildman–Crippen MR) is 140 cm³/mol. The highest BCUT2D eigenvalue weighted by Crippen LogP contribution is 2.33. The molecule has 3 aromatic carbocycles. The summed E-state index contributed by atoms with van der Waals surface area (Å²) < 4.78 is 19.9. The Morgan fingerprint density at radius 2 is 1.89 bits per heavy atom. The van der Waals surface area contributed by atoms with Crippen molar-refractivity contribution >= 4 is 32.4 Å². The summed E-state index contributed by atoms with van der Waals surface area (Å²) in [6, 6.07) is 19.3. The lowest BCUT2D eigenvalue weighted by molar-refractivity contribution is 0.0940. The maximum atomic E-state index is 13.0. The molecule has 182 valence electrons. The van der Waals surface area contributed by atoms with Crippen LogP contribution >= 0.6 is 11.3 Å². The van der Waals surface area contributed by atoms with Crippen LogP contribution in [0, 0.1) is 0 Å². The molecule has 1 aliphatic rings. The quantitative estimate of drug-likeness (QED) is 0.316. The molecule has 2 aromatic heterocycles. The van der Waals surface area contributed by atoms with Crippen LogP contribution < -0.4 is 19.5 Å². The summed E-state index contributed by atoms with van der Waals surface area (Å²) in [6.45, 7) is 5.66. The fourth-order valence-corrected chi connectivity index (χ4v) is 5.41. The number of imidazole rings is 1. The molecule has 0 spiro atoms. The van der Waals surface area contributed by atoms with Crippen molar-refractivity contribution in [2.75, 3.05) is 19.8 Å². The van der Waals surface area contributed by atoms with E-state index in [4.69, 9.17) is 19.2 Å². The number of nitrogens with one attached hydrogen (secondary N) is 1. The molecule has 3 heterocycles. The first-order valence-electron chi connectivity index (χ1n) is 11.9. The summed E-state index contributed by atoms with van der Waals surface area (Å²) in [5.74, 6) is 2.18. The minimum Gasteiger partial charge on any atom is -0.494 e. The zero-order valence-electron chi connectivity index (χ0n) is 20.0. The summed E-state index contributed by atoms with van der Waals surface area (Å²) in [7, 11) is 0. The molecule has 8 heteroatoms. The fraction of sp³-hybridized carbons (Fsp3) is 0.214. The molecule has 1 N–H and O–H groups in total. The van der Waals surface area contributed by atoms with Crippen LogP contribution in [-0.2, 0) is 0 Å². The van der Waals surface area contributed by atoms with Crippen LogP contribution in [0.3, 0.4) is 0 Å². The number of rotatable bonds is 6. The van der Waals surface area contributed by atoms with E-state index in [0.29, 0.717) is 31.1 Å². The van der Waals surface area contributed by atoms with Gasteiger partial charge in [-0.2, -0.15) is 0 Å². The largest absolute Gasteiger partial charge is 0.494 e. The van der Waals surface area contributed by atoms with Gasteiger partial charge in [-0.05, 0) is 74.0 Å². The van der Waals surface area contributed by atoms with Crippen molar-refractivity contribution in [3.8, 4) is 28.5 Å². The first-order chi connectivity index (χ1) is 17.6. The Labute approximate surface area is 212 Å². The van der Waals surface area contributed by atoms with Gasteiger partial charge in [-0.3, -0.25) is 9.20 Å². The van der Waals surface area contributed by atoms with Gasteiger partial charge in [-0.15, -0.1) is 0 Å². The third kappa shape index (κ3) is 4.13.